The summed E-state index contributed by atoms with van der Waals surface area (Å²) in [7, 11) is -1.92. The number of pyridine rings is 1. The lowest BCUT2D eigenvalue weighted by molar-refractivity contribution is 0.0695. The predicted octanol–water partition coefficient (Wildman–Crippen LogP) is -0.512. The van der Waals surface area contributed by atoms with Crippen molar-refractivity contribution in [2.24, 2.45) is 0 Å². The molecule has 0 aliphatic heterocycles. The highest BCUT2D eigenvalue weighted by atomic mass is 16.5. The zero-order valence-electron chi connectivity index (χ0n) is 14.4. The molecule has 1 aromatic heterocycles. The minimum atomic E-state index is -1.92. The van der Waals surface area contributed by atoms with Gasteiger partial charge in [0.2, 0.25) is 0 Å². The lowest BCUT2D eigenvalue weighted by Crippen LogP contribution is -2.30. The van der Waals surface area contributed by atoms with E-state index in [1.54, 1.807) is 13.8 Å². The molecule has 11 heteroatoms. The Kier molecular flexibility index (Phi) is 5.57. The normalized spacial score (nSPS) is 10.7. The highest BCUT2D eigenvalue weighted by Crippen LogP contribution is 2.35. The third kappa shape index (κ3) is 3.94. The van der Waals surface area contributed by atoms with E-state index in [0.717, 1.165) is 6.07 Å². The molecule has 1 heterocycles. The lowest BCUT2D eigenvalue weighted by Gasteiger charge is -2.18. The minimum Gasteiger partial charge on any atom is -0.490 e. The summed E-state index contributed by atoms with van der Waals surface area (Å²) in [4.78, 5) is 37.5. The highest BCUT2D eigenvalue weighted by Gasteiger charge is 2.29. The van der Waals surface area contributed by atoms with Gasteiger partial charge in [-0.25, -0.2) is 9.59 Å². The largest absolute Gasteiger partial charge is 0.490 e. The van der Waals surface area contributed by atoms with Crippen molar-refractivity contribution in [2.75, 3.05) is 5.73 Å². The Labute approximate surface area is 153 Å². The molecule has 0 aliphatic rings. The van der Waals surface area contributed by atoms with E-state index in [2.05, 4.69) is 0 Å². The van der Waals surface area contributed by atoms with E-state index in [-0.39, 0.29) is 22.9 Å². The summed E-state index contributed by atoms with van der Waals surface area (Å²) in [6, 6.07) is 3.76. The molecule has 0 spiro atoms. The Morgan fingerprint density at radius 2 is 1.74 bits per heavy atom. The number of anilines is 1. The number of carboxylic acids is 2. The van der Waals surface area contributed by atoms with Crippen LogP contribution in [0.2, 0.25) is 0 Å². The molecule has 0 amide bonds. The van der Waals surface area contributed by atoms with Crippen molar-refractivity contribution in [3.05, 3.63) is 39.7 Å². The van der Waals surface area contributed by atoms with Gasteiger partial charge in [-0.1, -0.05) is 12.1 Å². The van der Waals surface area contributed by atoms with Gasteiger partial charge < -0.3 is 35.7 Å². The van der Waals surface area contributed by atoms with Crippen molar-refractivity contribution >= 4 is 30.3 Å². The third-order valence-corrected chi connectivity index (χ3v) is 3.61. The summed E-state index contributed by atoms with van der Waals surface area (Å²) in [6.45, 7) is 3.36. The van der Waals surface area contributed by atoms with Crippen molar-refractivity contribution in [3.8, 4) is 16.9 Å². The average Bonchev–Trinajstić information content (AvgIpc) is 2.52. The molecule has 0 aliphatic carbocycles. The Morgan fingerprint density at radius 3 is 2.22 bits per heavy atom. The van der Waals surface area contributed by atoms with Crippen LogP contribution in [-0.2, 0) is 0 Å². The van der Waals surface area contributed by atoms with E-state index in [9.17, 15) is 34.6 Å². The Morgan fingerprint density at radius 1 is 1.15 bits per heavy atom. The van der Waals surface area contributed by atoms with Crippen LogP contribution in [0, 0.1) is 0 Å². The van der Waals surface area contributed by atoms with E-state index in [4.69, 9.17) is 10.5 Å². The number of nitrogen functional groups attached to an aromatic ring is 1. The molecule has 27 heavy (non-hydrogen) atoms. The number of hydrogen-bond donors (Lipinski definition) is 6. The molecule has 2 rings (SSSR count). The standard InChI is InChI=1S/C16H17BN2O8/c1-6(2)27-9-4-3-7(17(25)26)5-8(9)10-11(15(21)22)13(18)19-14(20)12(10)16(23)24/h3-6,25-26H,1-2H3,(H,21,22)(H,23,24)(H3,18,19,20). The third-order valence-electron chi connectivity index (χ3n) is 3.61. The molecule has 1 aromatic carbocycles. The fourth-order valence-electron chi connectivity index (χ4n) is 2.58. The van der Waals surface area contributed by atoms with Gasteiger partial charge in [0.05, 0.1) is 6.10 Å². The van der Waals surface area contributed by atoms with Crippen LogP contribution in [0.15, 0.2) is 23.0 Å². The van der Waals surface area contributed by atoms with Gasteiger partial charge in [-0.3, -0.25) is 4.79 Å². The van der Waals surface area contributed by atoms with Gasteiger partial charge in [-0.05, 0) is 25.4 Å². The number of hydrogen-bond acceptors (Lipinski definition) is 7. The van der Waals surface area contributed by atoms with Gasteiger partial charge in [0.1, 0.15) is 22.7 Å². The number of rotatable bonds is 6. The fourth-order valence-corrected chi connectivity index (χ4v) is 2.58. The van der Waals surface area contributed by atoms with Crippen molar-refractivity contribution in [3.63, 3.8) is 0 Å². The zero-order valence-corrected chi connectivity index (χ0v) is 14.4. The number of ether oxygens (including phenoxy) is 1. The molecule has 0 atom stereocenters. The maximum absolute atomic E-state index is 12.2. The van der Waals surface area contributed by atoms with Crippen LogP contribution in [0.4, 0.5) is 5.82 Å². The molecule has 0 fully saturated rings. The van der Waals surface area contributed by atoms with E-state index in [1.165, 1.54) is 12.1 Å². The van der Waals surface area contributed by atoms with Crippen molar-refractivity contribution < 1.29 is 34.6 Å². The Hall–Kier alpha value is -3.31. The monoisotopic (exact) mass is 376 g/mol. The molecular formula is C16H17BN2O8. The second-order valence-corrected chi connectivity index (χ2v) is 5.90. The van der Waals surface area contributed by atoms with E-state index >= 15 is 0 Å². The summed E-state index contributed by atoms with van der Waals surface area (Å²) >= 11 is 0. The summed E-state index contributed by atoms with van der Waals surface area (Å²) in [5, 5.41) is 37.8. The van der Waals surface area contributed by atoms with Gasteiger partial charge >= 0.3 is 19.1 Å². The number of carboxylic acid groups (broad SMARTS) is 2. The maximum atomic E-state index is 12.2. The number of H-pyrrole nitrogens is 1. The van der Waals surface area contributed by atoms with E-state index in [1.807, 2.05) is 4.98 Å². The van der Waals surface area contributed by atoms with E-state index < -0.39 is 47.1 Å². The molecule has 0 radical (unpaired) electrons. The van der Waals surface area contributed by atoms with Crippen molar-refractivity contribution in [1.29, 1.82) is 0 Å². The maximum Gasteiger partial charge on any atom is 0.488 e. The van der Waals surface area contributed by atoms with Crippen LogP contribution in [0.5, 0.6) is 5.75 Å². The van der Waals surface area contributed by atoms with Crippen LogP contribution in [0.1, 0.15) is 34.6 Å². The topological polar surface area (TPSA) is 183 Å². The SMILES string of the molecule is CC(C)Oc1ccc(B(O)O)cc1-c1c(C(=O)O)c(N)[nH]c(=O)c1C(=O)O. The van der Waals surface area contributed by atoms with Gasteiger partial charge in [0, 0.05) is 11.1 Å². The first-order chi connectivity index (χ1) is 12.5. The first-order valence-corrected chi connectivity index (χ1v) is 7.74. The van der Waals surface area contributed by atoms with Gasteiger partial charge in [0.15, 0.2) is 0 Å². The first-order valence-electron chi connectivity index (χ1n) is 7.74. The van der Waals surface area contributed by atoms with Gasteiger partial charge in [-0.15, -0.1) is 0 Å². The quantitative estimate of drug-likeness (QED) is 0.361. The Bertz CT molecular complexity index is 968. The Balaban J connectivity index is 3.03. The van der Waals surface area contributed by atoms with Crippen LogP contribution in [0.3, 0.4) is 0 Å². The molecule has 0 saturated carbocycles. The summed E-state index contributed by atoms with van der Waals surface area (Å²) < 4.78 is 5.58. The number of carbonyl (C=O) groups is 2. The number of aromatic amines is 1. The van der Waals surface area contributed by atoms with Crippen LogP contribution in [-0.4, -0.2) is 50.4 Å². The summed E-state index contributed by atoms with van der Waals surface area (Å²) in [5.74, 6) is -3.76. The second kappa shape index (κ2) is 7.52. The van der Waals surface area contributed by atoms with Gasteiger partial charge in [-0.2, -0.15) is 0 Å². The summed E-state index contributed by atoms with van der Waals surface area (Å²) in [6.07, 6.45) is -0.380. The summed E-state index contributed by atoms with van der Waals surface area (Å²) in [5.41, 5.74) is 2.32. The zero-order chi connectivity index (χ0) is 20.5. The molecular weight excluding hydrogens is 359 g/mol. The van der Waals surface area contributed by atoms with Crippen LogP contribution < -0.4 is 21.5 Å². The molecule has 142 valence electrons. The van der Waals surface area contributed by atoms with Crippen molar-refractivity contribution in [1.82, 2.24) is 4.98 Å². The molecule has 0 unspecified atom stereocenters. The highest BCUT2D eigenvalue weighted by molar-refractivity contribution is 6.58. The number of nitrogens with two attached hydrogens (primary N) is 1. The van der Waals surface area contributed by atoms with Gasteiger partial charge in [0.25, 0.3) is 5.56 Å². The average molecular weight is 376 g/mol. The number of nitrogens with one attached hydrogen (secondary N) is 1. The predicted molar refractivity (Wildman–Crippen MR) is 96.4 cm³/mol. The minimum absolute atomic E-state index is 0.0457. The number of benzene rings is 1. The van der Waals surface area contributed by atoms with E-state index in [0.29, 0.717) is 0 Å². The molecule has 10 nitrogen and oxygen atoms in total. The first kappa shape index (κ1) is 20.0. The fraction of sp³-hybridized carbons (Fsp3) is 0.188. The number of aromatic nitrogens is 1. The second-order valence-electron chi connectivity index (χ2n) is 5.90. The smallest absolute Gasteiger partial charge is 0.488 e. The molecule has 2 aromatic rings. The van der Waals surface area contributed by atoms with Crippen LogP contribution >= 0.6 is 0 Å². The number of aromatic carboxylic acids is 2. The lowest BCUT2D eigenvalue weighted by atomic mass is 9.78. The molecule has 0 bridgehead atoms. The molecule has 7 N–H and O–H groups in total. The molecule has 0 saturated heterocycles. The van der Waals surface area contributed by atoms with Crippen LogP contribution in [0.25, 0.3) is 11.1 Å². The van der Waals surface area contributed by atoms with Crippen molar-refractivity contribution in [2.45, 2.75) is 20.0 Å².